The number of β-lactam (4-membered cyclic amide) rings is 2. The maximum atomic E-state index is 14.0. The summed E-state index contributed by atoms with van der Waals surface area (Å²) in [5, 5.41) is 37.4. The van der Waals surface area contributed by atoms with Gasteiger partial charge in [0, 0.05) is 58.9 Å². The maximum absolute atomic E-state index is 14.0. The third kappa shape index (κ3) is 25.5. The van der Waals surface area contributed by atoms with E-state index in [0.717, 1.165) is 69.9 Å². The lowest BCUT2D eigenvalue weighted by Crippen LogP contribution is -2.68. The van der Waals surface area contributed by atoms with Crippen LogP contribution < -0.4 is 30.9 Å². The Morgan fingerprint density at radius 2 is 1.08 bits per heavy atom. The Kier molecular flexibility index (Phi) is 28.0. The van der Waals surface area contributed by atoms with Crippen LogP contribution in [0.5, 0.6) is 11.5 Å². The lowest BCUT2D eigenvalue weighted by atomic mass is 9.74. The second kappa shape index (κ2) is 35.8. The van der Waals surface area contributed by atoms with Gasteiger partial charge in [0.2, 0.25) is 0 Å². The van der Waals surface area contributed by atoms with Gasteiger partial charge in [0.15, 0.2) is 33.3 Å². The summed E-state index contributed by atoms with van der Waals surface area (Å²) in [7, 11) is -10.0. The van der Waals surface area contributed by atoms with Crippen molar-refractivity contribution in [3.63, 3.8) is 0 Å². The summed E-state index contributed by atoms with van der Waals surface area (Å²) < 4.78 is 131. The van der Waals surface area contributed by atoms with Gasteiger partial charge in [0.05, 0.1) is 33.9 Å². The number of anilines is 2. The highest BCUT2D eigenvalue weighted by molar-refractivity contribution is 7.81. The Balaban J connectivity index is 0.000000277. The van der Waals surface area contributed by atoms with E-state index in [9.17, 15) is 73.5 Å². The number of nitrogen functional groups attached to an aromatic ring is 1. The topological polar surface area (TPSA) is 525 Å². The second-order valence-corrected chi connectivity index (χ2v) is 34.3. The molecule has 0 saturated carbocycles. The van der Waals surface area contributed by atoms with Crippen LogP contribution in [0.15, 0.2) is 81.7 Å². The zero-order valence-electron chi connectivity index (χ0n) is 64.1. The number of fused-ring (bicyclic) bond motifs is 2. The first-order valence-corrected chi connectivity index (χ1v) is 39.3. The van der Waals surface area contributed by atoms with Crippen molar-refractivity contribution in [2.45, 2.75) is 162 Å². The molecule has 7 N–H and O–H groups in total. The van der Waals surface area contributed by atoms with Crippen molar-refractivity contribution in [3.05, 3.63) is 94.2 Å². The quantitative estimate of drug-likeness (QED) is 0.00738. The Hall–Kier alpha value is -10.4. The van der Waals surface area contributed by atoms with Gasteiger partial charge >= 0.3 is 51.1 Å². The minimum absolute atomic E-state index is 0.0156. The Bertz CT molecular complexity index is 4970. The zero-order valence-corrected chi connectivity index (χ0v) is 67.3. The van der Waals surface area contributed by atoms with E-state index in [2.05, 4.69) is 44.5 Å². The number of nitrogens with zero attached hydrogens (tertiary/aromatic N) is 9. The number of amides is 4. The van der Waals surface area contributed by atoms with Crippen molar-refractivity contribution in [1.82, 2.24) is 40.3 Å². The third-order valence-electron chi connectivity index (χ3n) is 16.9. The van der Waals surface area contributed by atoms with Gasteiger partial charge < -0.3 is 64.3 Å². The van der Waals surface area contributed by atoms with Crippen LogP contribution in [0.4, 0.5) is 33.0 Å². The summed E-state index contributed by atoms with van der Waals surface area (Å²) in [5.41, 5.74) is 2.99. The predicted molar refractivity (Wildman–Crippen MR) is 399 cm³/mol. The van der Waals surface area contributed by atoms with Crippen LogP contribution in [-0.2, 0) is 99.7 Å². The number of likely N-dealkylation sites (tertiary alicyclic amines) is 1. The smallest absolute Gasteiger partial charge is 0.430 e. The number of nitrogens with two attached hydrogens (primary N) is 1. The highest BCUT2D eigenvalue weighted by Crippen LogP contribution is 2.43. The van der Waals surface area contributed by atoms with Crippen molar-refractivity contribution in [2.24, 2.45) is 34.0 Å². The molecule has 115 heavy (non-hydrogen) atoms. The SMILES string of the molecule is CC(C)(C)OC(=O)Nc1nc(/C(=N/O[C@@H](COc2ccc3nc(CC4CN(C(=O)OC(C)(C)C)C4)ccc3c2)C(=O)OC(C)(C)C)C(=O)CC2C(=O)N(OS(=O)(=O)O)C2(C)C)cs1.CC1(C)C(CC(=O)/C(=N\O[C@@H](COc2ccc3nc(CC4CNC4)ccc3c2)C(=O)O)c2csc(N)n2)C(=O)N1OS(=O)(=O)O.O=C([O-])C(F)(F)F. The van der Waals surface area contributed by atoms with Crippen molar-refractivity contribution in [3.8, 4) is 11.5 Å². The minimum atomic E-state index is -5.19. The number of ether oxygens (including phenoxy) is 5. The summed E-state index contributed by atoms with van der Waals surface area (Å²) >= 11 is 1.91. The van der Waals surface area contributed by atoms with E-state index < -0.39 is 164 Å². The zero-order chi connectivity index (χ0) is 85.5. The molecule has 0 spiro atoms. The van der Waals surface area contributed by atoms with Crippen molar-refractivity contribution in [1.29, 1.82) is 0 Å². The van der Waals surface area contributed by atoms with Crippen LogP contribution in [0.25, 0.3) is 21.8 Å². The number of Topliss-reactive ketones (excluding diaryl/α,β-unsaturated/α-hetero) is 2. The molecule has 8 heterocycles. The maximum Gasteiger partial charge on any atom is 0.430 e. The molecule has 4 saturated heterocycles. The van der Waals surface area contributed by atoms with E-state index in [1.54, 1.807) is 82.8 Å². The van der Waals surface area contributed by atoms with E-state index in [-0.39, 0.29) is 33.7 Å². The standard InChI is InChI=1S/C41H54N6O14S2.C27H30N6O10S2.C2HF3O2/c1-38(2,3)57-34(50)31(21-56-26-14-15-28-24(17-26)12-13-25(42-28)16-23-19-46(20-23)37(52)59-40(7,8)9)60-45-32(29-22-62-35(43-29)44-36(51)58-39(4,5)6)30(48)18-27-33(49)47(41(27,10)11)61-63(53,54)55;1-27(2)18(24(35)33(27)43-45(38,39)40)9-21(34)23(20-13-44-26(28)31-20)32-42-22(25(36)37)12-41-17-5-6-19-15(8-17)3-4-16(30-19)7-14-10-29-11-14;3-2(4,5)1(6)7/h12-15,17,22-23,27,31H,16,18-21H2,1-11H3,(H,43,44,51)(H,53,54,55);3-6,8,13-14,18,22,29H,7,9-12H2,1-2H3,(H2,28,31)(H,36,37)(H,38,39,40);(H,6,7)/p-1/b45-32-;32-23-;/t27?,31-;18?,22-;/m00./s1. The summed E-state index contributed by atoms with van der Waals surface area (Å²) in [6.45, 7) is 23.3. The molecule has 2 unspecified atom stereocenters. The Morgan fingerprint density at radius 3 is 1.48 bits per heavy atom. The first kappa shape index (κ1) is 90.1. The average molecular weight is 1690 g/mol. The van der Waals surface area contributed by atoms with E-state index in [1.165, 1.54) is 38.5 Å². The van der Waals surface area contributed by atoms with Gasteiger partial charge in [-0.15, -0.1) is 31.2 Å². The van der Waals surface area contributed by atoms with E-state index >= 15 is 0 Å². The molecular formula is C70H84F3N12O26S4-. The summed E-state index contributed by atoms with van der Waals surface area (Å²) in [6, 6.07) is 18.0. The average Bonchev–Trinajstić information content (AvgIpc) is 0.952. The van der Waals surface area contributed by atoms with Gasteiger partial charge in [-0.2, -0.15) is 40.1 Å². The molecule has 4 aliphatic heterocycles. The number of aliphatic carboxylic acids is 2. The highest BCUT2D eigenvalue weighted by atomic mass is 32.3. The number of benzene rings is 2. The van der Waals surface area contributed by atoms with E-state index in [0.29, 0.717) is 52.6 Å². The number of hydrogen-bond acceptors (Lipinski definition) is 33. The van der Waals surface area contributed by atoms with Crippen LogP contribution in [-0.4, -0.2) is 217 Å². The molecular weight excluding hydrogens is 1610 g/mol. The number of rotatable bonds is 29. The first-order chi connectivity index (χ1) is 53.1. The number of hydroxylamine groups is 4. The number of alkyl halides is 3. The number of carbonyl (C=O) groups excluding carboxylic acids is 8. The number of halogens is 3. The summed E-state index contributed by atoms with van der Waals surface area (Å²) in [5.74, 6) is -9.37. The number of thiazole rings is 2. The molecule has 0 radical (unpaired) electrons. The number of carbonyl (C=O) groups is 9. The van der Waals surface area contributed by atoms with E-state index in [4.69, 9.17) is 63.1 Å². The highest BCUT2D eigenvalue weighted by Gasteiger charge is 2.59. The van der Waals surface area contributed by atoms with Crippen LogP contribution >= 0.6 is 22.7 Å². The molecule has 626 valence electrons. The van der Waals surface area contributed by atoms with Gasteiger partial charge in [-0.25, -0.2) is 29.1 Å². The van der Waals surface area contributed by atoms with E-state index in [1.807, 2.05) is 45.0 Å². The minimum Gasteiger partial charge on any atom is -0.542 e. The number of pyridine rings is 2. The number of carboxylic acid groups (broad SMARTS) is 2. The lowest BCUT2D eigenvalue weighted by Gasteiger charge is -2.50. The molecule has 4 fully saturated rings. The largest absolute Gasteiger partial charge is 0.542 e. The normalized spacial score (nSPS) is 17.8. The summed E-state index contributed by atoms with van der Waals surface area (Å²) in [4.78, 5) is 142. The van der Waals surface area contributed by atoms with Crippen LogP contribution in [0, 0.1) is 23.7 Å². The lowest BCUT2D eigenvalue weighted by molar-refractivity contribution is -0.344. The monoisotopic (exact) mass is 1690 g/mol. The number of oxime groups is 2. The van der Waals surface area contributed by atoms with Crippen molar-refractivity contribution >= 4 is 140 Å². The van der Waals surface area contributed by atoms with Gasteiger partial charge in [0.1, 0.15) is 58.9 Å². The number of carboxylic acids is 2. The second-order valence-electron chi connectivity index (χ2n) is 30.5. The Morgan fingerprint density at radius 1 is 0.643 bits per heavy atom. The molecule has 0 aliphatic carbocycles. The van der Waals surface area contributed by atoms with Crippen LogP contribution in [0.3, 0.4) is 0 Å². The molecule has 45 heteroatoms. The fourth-order valence-electron chi connectivity index (χ4n) is 11.2. The van der Waals surface area contributed by atoms with Gasteiger partial charge in [-0.1, -0.05) is 22.4 Å². The molecule has 4 amide bonds. The Labute approximate surface area is 663 Å². The molecule has 0 bridgehead atoms. The number of hydrogen-bond donors (Lipinski definition) is 6. The third-order valence-corrected chi connectivity index (χ3v) is 19.0. The molecule has 10 rings (SSSR count). The van der Waals surface area contributed by atoms with Crippen molar-refractivity contribution < 1.29 is 134 Å². The molecule has 2 aromatic carbocycles. The number of ketones is 2. The van der Waals surface area contributed by atoms with Crippen LogP contribution in [0.2, 0.25) is 0 Å². The number of aromatic nitrogens is 4. The predicted octanol–water partition coefficient (Wildman–Crippen LogP) is 6.41. The first-order valence-electron chi connectivity index (χ1n) is 34.8. The fraction of sp³-hybridized carbons (Fsp3) is 0.500. The van der Waals surface area contributed by atoms with Gasteiger partial charge in [-0.3, -0.25) is 43.6 Å². The fourth-order valence-corrected chi connectivity index (χ4v) is 13.3. The van der Waals surface area contributed by atoms with Gasteiger partial charge in [0.25, 0.3) is 24.0 Å². The number of esters is 1. The van der Waals surface area contributed by atoms with Crippen molar-refractivity contribution in [2.75, 3.05) is 50.4 Å². The molecule has 4 aromatic heterocycles. The van der Waals surface area contributed by atoms with Gasteiger partial charge in [-0.05, 0) is 176 Å². The molecule has 4 aliphatic rings. The molecule has 4 atom stereocenters. The summed E-state index contributed by atoms with van der Waals surface area (Å²) in [6.07, 6.45) is -9.04. The molecule has 38 nitrogen and oxygen atoms in total. The number of nitrogens with one attached hydrogen (secondary N) is 2. The molecule has 6 aromatic rings. The van der Waals surface area contributed by atoms with Crippen LogP contribution in [0.1, 0.15) is 126 Å².